The molecule has 2 aromatic carbocycles. The van der Waals surface area contributed by atoms with E-state index in [9.17, 15) is 9.59 Å². The molecule has 2 aliphatic carbocycles. The summed E-state index contributed by atoms with van der Waals surface area (Å²) in [6, 6.07) is 16.3. The van der Waals surface area contributed by atoms with Gasteiger partial charge in [0.15, 0.2) is 11.4 Å². The molecule has 2 aromatic heterocycles. The second-order valence-electron chi connectivity index (χ2n) is 11.1. The smallest absolute Gasteiger partial charge is 0.263 e. The number of H-pyrrole nitrogens is 2. The van der Waals surface area contributed by atoms with Crippen LogP contribution < -0.4 is 16.2 Å². The van der Waals surface area contributed by atoms with Gasteiger partial charge in [0.1, 0.15) is 5.39 Å². The van der Waals surface area contributed by atoms with Crippen molar-refractivity contribution in [2.75, 3.05) is 18.0 Å². The van der Waals surface area contributed by atoms with Crippen molar-refractivity contribution >= 4 is 22.8 Å². The number of aromatic amines is 2. The Balaban J connectivity index is 1.17. The molecule has 7 rings (SSSR count). The number of Topliss-reactive ketones (excluding diaryl/α,β-unsaturated/α-hetero) is 1. The van der Waals surface area contributed by atoms with Crippen LogP contribution in [-0.2, 0) is 11.8 Å². The van der Waals surface area contributed by atoms with E-state index < -0.39 is 0 Å². The van der Waals surface area contributed by atoms with Gasteiger partial charge in [0.2, 0.25) is 5.95 Å². The number of nitrogens with two attached hydrogens (primary N) is 1. The molecule has 3 aliphatic rings. The lowest BCUT2D eigenvalue weighted by molar-refractivity contribution is 0.101. The second kappa shape index (κ2) is 7.86. The van der Waals surface area contributed by atoms with E-state index in [1.807, 2.05) is 24.3 Å². The zero-order chi connectivity index (χ0) is 25.4. The van der Waals surface area contributed by atoms with Crippen molar-refractivity contribution in [3.8, 4) is 0 Å². The van der Waals surface area contributed by atoms with E-state index in [1.165, 1.54) is 11.1 Å². The SMILES string of the molecule is CC(=O)c1cccc(C2(c3[nH]nc4nc(N5CCC6(CC5)Cc5ccccc5[C@H]6N)[nH]c(=O)c34)CC2)c1. The van der Waals surface area contributed by atoms with E-state index >= 15 is 0 Å². The highest BCUT2D eigenvalue weighted by molar-refractivity contribution is 5.94. The van der Waals surface area contributed by atoms with E-state index in [0.717, 1.165) is 56.5 Å². The van der Waals surface area contributed by atoms with Gasteiger partial charge in [-0.25, -0.2) is 0 Å². The molecular formula is C29H30N6O2. The molecule has 1 aliphatic heterocycles. The van der Waals surface area contributed by atoms with E-state index in [0.29, 0.717) is 22.5 Å². The van der Waals surface area contributed by atoms with Crippen LogP contribution >= 0.6 is 0 Å². The van der Waals surface area contributed by atoms with Crippen molar-refractivity contribution in [2.24, 2.45) is 11.1 Å². The number of fused-ring (bicyclic) bond motifs is 2. The molecule has 8 nitrogen and oxygen atoms in total. The zero-order valence-corrected chi connectivity index (χ0v) is 20.9. The molecule has 1 atom stereocenters. The maximum Gasteiger partial charge on any atom is 0.263 e. The van der Waals surface area contributed by atoms with Gasteiger partial charge in [-0.05, 0) is 67.2 Å². The van der Waals surface area contributed by atoms with E-state index in [2.05, 4.69) is 44.3 Å². The molecule has 2 fully saturated rings. The van der Waals surface area contributed by atoms with Crippen LogP contribution in [0.15, 0.2) is 53.3 Å². The minimum absolute atomic E-state index is 0.0297. The van der Waals surface area contributed by atoms with Gasteiger partial charge in [0, 0.05) is 30.1 Å². The number of nitrogens with zero attached hydrogens (tertiary/aromatic N) is 3. The number of carbonyl (C=O) groups excluding carboxylic acids is 1. The van der Waals surface area contributed by atoms with Crippen LogP contribution in [0.5, 0.6) is 0 Å². The Morgan fingerprint density at radius 1 is 1.08 bits per heavy atom. The third kappa shape index (κ3) is 3.31. The molecule has 4 N–H and O–H groups in total. The summed E-state index contributed by atoms with van der Waals surface area (Å²) in [5.41, 5.74) is 11.9. The summed E-state index contributed by atoms with van der Waals surface area (Å²) < 4.78 is 0. The lowest BCUT2D eigenvalue weighted by atomic mass is 9.73. The number of anilines is 1. The second-order valence-corrected chi connectivity index (χ2v) is 11.1. The van der Waals surface area contributed by atoms with Gasteiger partial charge in [-0.3, -0.25) is 19.7 Å². The fraction of sp³-hybridized carbons (Fsp3) is 0.379. The molecule has 0 bridgehead atoms. The topological polar surface area (TPSA) is 121 Å². The summed E-state index contributed by atoms with van der Waals surface area (Å²) in [4.78, 5) is 35.3. The van der Waals surface area contributed by atoms with Crippen LogP contribution in [0.1, 0.15) is 71.4 Å². The number of piperidine rings is 1. The highest BCUT2D eigenvalue weighted by Crippen LogP contribution is 2.54. The van der Waals surface area contributed by atoms with Crippen LogP contribution in [0.2, 0.25) is 0 Å². The van der Waals surface area contributed by atoms with Crippen molar-refractivity contribution in [3.05, 3.63) is 86.8 Å². The fourth-order valence-corrected chi connectivity index (χ4v) is 6.73. The molecule has 188 valence electrons. The van der Waals surface area contributed by atoms with Crippen LogP contribution in [-0.4, -0.2) is 39.0 Å². The van der Waals surface area contributed by atoms with Gasteiger partial charge in [-0.15, -0.1) is 0 Å². The maximum absolute atomic E-state index is 13.4. The molecule has 0 radical (unpaired) electrons. The molecule has 37 heavy (non-hydrogen) atoms. The Hall–Kier alpha value is -3.78. The number of ketones is 1. The predicted octanol–water partition coefficient (Wildman–Crippen LogP) is 3.77. The first-order chi connectivity index (χ1) is 17.9. The number of carbonyl (C=O) groups is 1. The summed E-state index contributed by atoms with van der Waals surface area (Å²) in [6.07, 6.45) is 4.70. The minimum Gasteiger partial charge on any atom is -0.342 e. The molecule has 3 heterocycles. The molecule has 0 amide bonds. The first-order valence-corrected chi connectivity index (χ1v) is 13.1. The normalized spacial score (nSPS) is 21.4. The lowest BCUT2D eigenvalue weighted by Crippen LogP contribution is -2.45. The molecule has 4 aromatic rings. The van der Waals surface area contributed by atoms with Crippen molar-refractivity contribution in [1.29, 1.82) is 0 Å². The Kier molecular flexibility index (Phi) is 4.76. The van der Waals surface area contributed by atoms with Crippen molar-refractivity contribution in [2.45, 2.75) is 50.5 Å². The Bertz CT molecular complexity index is 1610. The maximum atomic E-state index is 13.4. The first kappa shape index (κ1) is 22.4. The van der Waals surface area contributed by atoms with Gasteiger partial charge in [-0.2, -0.15) is 10.1 Å². The average Bonchev–Trinajstić information content (AvgIpc) is 3.53. The minimum atomic E-state index is -0.332. The summed E-state index contributed by atoms with van der Waals surface area (Å²) >= 11 is 0. The summed E-state index contributed by atoms with van der Waals surface area (Å²) in [7, 11) is 0. The van der Waals surface area contributed by atoms with Crippen LogP contribution in [0.4, 0.5) is 5.95 Å². The third-order valence-corrected chi connectivity index (χ3v) is 9.11. The summed E-state index contributed by atoms with van der Waals surface area (Å²) in [6.45, 7) is 3.15. The molecule has 1 saturated carbocycles. The van der Waals surface area contributed by atoms with Crippen LogP contribution in [0.25, 0.3) is 11.0 Å². The Morgan fingerprint density at radius 3 is 2.59 bits per heavy atom. The first-order valence-electron chi connectivity index (χ1n) is 13.1. The van der Waals surface area contributed by atoms with E-state index in [1.54, 1.807) is 6.92 Å². The highest BCUT2D eigenvalue weighted by atomic mass is 16.1. The largest absolute Gasteiger partial charge is 0.342 e. The number of hydrogen-bond acceptors (Lipinski definition) is 6. The van der Waals surface area contributed by atoms with E-state index in [-0.39, 0.29) is 28.2 Å². The van der Waals surface area contributed by atoms with Gasteiger partial charge in [-0.1, -0.05) is 42.5 Å². The van der Waals surface area contributed by atoms with Gasteiger partial charge in [0.25, 0.3) is 5.56 Å². The highest BCUT2D eigenvalue weighted by Gasteiger charge is 2.49. The number of hydrogen-bond donors (Lipinski definition) is 3. The van der Waals surface area contributed by atoms with E-state index in [4.69, 9.17) is 10.7 Å². The average molecular weight is 495 g/mol. The third-order valence-electron chi connectivity index (χ3n) is 9.11. The monoisotopic (exact) mass is 494 g/mol. The quantitative estimate of drug-likeness (QED) is 0.372. The predicted molar refractivity (Wildman–Crippen MR) is 142 cm³/mol. The Morgan fingerprint density at radius 2 is 1.86 bits per heavy atom. The summed E-state index contributed by atoms with van der Waals surface area (Å²) in [5.74, 6) is 0.597. The lowest BCUT2D eigenvalue weighted by Gasteiger charge is -2.42. The Labute approximate surface area is 214 Å². The molecule has 1 spiro atoms. The van der Waals surface area contributed by atoms with Gasteiger partial charge in [0.05, 0.1) is 5.69 Å². The fourth-order valence-electron chi connectivity index (χ4n) is 6.73. The molecule has 8 heteroatoms. The number of benzene rings is 2. The summed E-state index contributed by atoms with van der Waals surface area (Å²) in [5, 5.41) is 8.11. The molecule has 0 unspecified atom stereocenters. The standard InChI is InChI=1S/C29H30N6O2/c1-17(36)18-6-4-7-20(15-18)29(9-10-29)24-22-25(34-33-24)31-27(32-26(22)37)35-13-11-28(12-14-35)16-19-5-2-3-8-21(19)23(28)30/h2-8,15,23H,9-14,16,30H2,1H3,(H2,31,32,33,34,37)/t23-/m1/s1. The van der Waals surface area contributed by atoms with Crippen molar-refractivity contribution < 1.29 is 4.79 Å². The van der Waals surface area contributed by atoms with Crippen LogP contribution in [0.3, 0.4) is 0 Å². The molecule has 1 saturated heterocycles. The van der Waals surface area contributed by atoms with Crippen molar-refractivity contribution in [1.82, 2.24) is 20.2 Å². The number of nitrogens with one attached hydrogen (secondary N) is 2. The molecular weight excluding hydrogens is 464 g/mol. The van der Waals surface area contributed by atoms with Gasteiger partial charge >= 0.3 is 0 Å². The van der Waals surface area contributed by atoms with Gasteiger partial charge < -0.3 is 10.6 Å². The van der Waals surface area contributed by atoms with Crippen LogP contribution in [0, 0.1) is 5.41 Å². The number of aromatic nitrogens is 4. The van der Waals surface area contributed by atoms with Crippen molar-refractivity contribution in [3.63, 3.8) is 0 Å². The number of rotatable bonds is 4. The zero-order valence-electron chi connectivity index (χ0n) is 20.9.